The first kappa shape index (κ1) is 13.2. The number of rotatable bonds is 2. The number of phenols is 1. The van der Waals surface area contributed by atoms with Gasteiger partial charge in [0.1, 0.15) is 28.4 Å². The van der Waals surface area contributed by atoms with Crippen LogP contribution >= 0.6 is 0 Å². The number of esters is 2. The topological polar surface area (TPSA) is 82.1 Å². The number of hydrogen-bond donors (Lipinski definition) is 1. The summed E-state index contributed by atoms with van der Waals surface area (Å²) >= 11 is 0. The monoisotopic (exact) mass is 288 g/mol. The highest BCUT2D eigenvalue weighted by molar-refractivity contribution is 6.24. The van der Waals surface area contributed by atoms with Crippen LogP contribution in [-0.4, -0.2) is 31.3 Å². The number of hydrogen-bond acceptors (Lipinski definition) is 6. The number of carbonyl (C=O) groups excluding carboxylic acids is 2. The minimum atomic E-state index is -0.884. The van der Waals surface area contributed by atoms with Crippen molar-refractivity contribution in [2.75, 3.05) is 14.2 Å². The van der Waals surface area contributed by atoms with Crippen LogP contribution in [0.15, 0.2) is 12.1 Å². The zero-order valence-corrected chi connectivity index (χ0v) is 11.6. The smallest absolute Gasteiger partial charge is 0.350 e. The van der Waals surface area contributed by atoms with Crippen molar-refractivity contribution in [1.82, 2.24) is 0 Å². The second kappa shape index (κ2) is 4.37. The number of cyclic esters (lactones) is 2. The molecule has 1 heterocycles. The predicted octanol–water partition coefficient (Wildman–Crippen LogP) is 2.18. The number of aromatic hydroxyl groups is 1. The van der Waals surface area contributed by atoms with Gasteiger partial charge in [-0.15, -0.1) is 0 Å². The van der Waals surface area contributed by atoms with Gasteiger partial charge in [-0.1, -0.05) is 0 Å². The molecule has 0 fully saturated rings. The molecule has 0 aromatic heterocycles. The first-order valence-corrected chi connectivity index (χ1v) is 6.17. The largest absolute Gasteiger partial charge is 0.507 e. The van der Waals surface area contributed by atoms with E-state index in [1.165, 1.54) is 20.3 Å². The van der Waals surface area contributed by atoms with E-state index in [-0.39, 0.29) is 22.6 Å². The Hall–Kier alpha value is -2.76. The summed E-state index contributed by atoms with van der Waals surface area (Å²) in [5.41, 5.74) is 0.815. The lowest BCUT2D eigenvalue weighted by atomic mass is 9.92. The summed E-state index contributed by atoms with van der Waals surface area (Å²) in [6.07, 6.45) is 0. The molecule has 6 heteroatoms. The summed E-state index contributed by atoms with van der Waals surface area (Å²) < 4.78 is 15.1. The Kier molecular flexibility index (Phi) is 2.76. The lowest BCUT2D eigenvalue weighted by Crippen LogP contribution is -2.21. The van der Waals surface area contributed by atoms with E-state index in [1.54, 1.807) is 13.0 Å². The maximum Gasteiger partial charge on any atom is 0.350 e. The second-order valence-electron chi connectivity index (χ2n) is 4.67. The Morgan fingerprint density at radius 1 is 0.952 bits per heavy atom. The van der Waals surface area contributed by atoms with Gasteiger partial charge in [0, 0.05) is 16.8 Å². The lowest BCUT2D eigenvalue weighted by molar-refractivity contribution is 0.0387. The maximum absolute atomic E-state index is 12.0. The van der Waals surface area contributed by atoms with Gasteiger partial charge >= 0.3 is 11.9 Å². The van der Waals surface area contributed by atoms with Crippen molar-refractivity contribution in [2.24, 2.45) is 0 Å². The zero-order chi connectivity index (χ0) is 15.3. The first-order valence-electron chi connectivity index (χ1n) is 6.17. The van der Waals surface area contributed by atoms with E-state index in [0.717, 1.165) is 5.56 Å². The van der Waals surface area contributed by atoms with Crippen LogP contribution in [0.3, 0.4) is 0 Å². The van der Waals surface area contributed by atoms with Crippen LogP contribution in [0.25, 0.3) is 10.8 Å². The van der Waals surface area contributed by atoms with Gasteiger partial charge in [0.25, 0.3) is 0 Å². The van der Waals surface area contributed by atoms with Gasteiger partial charge in [-0.2, -0.15) is 0 Å². The van der Waals surface area contributed by atoms with Crippen LogP contribution in [0.5, 0.6) is 17.2 Å². The van der Waals surface area contributed by atoms with E-state index in [4.69, 9.17) is 9.47 Å². The third-order valence-electron chi connectivity index (χ3n) is 3.54. The van der Waals surface area contributed by atoms with E-state index in [9.17, 15) is 14.7 Å². The number of ether oxygens (including phenoxy) is 3. The van der Waals surface area contributed by atoms with E-state index in [0.29, 0.717) is 16.5 Å². The summed E-state index contributed by atoms with van der Waals surface area (Å²) in [7, 11) is 2.86. The standard InChI is InChI=1S/C15H12O6/c1-6-4-8(19-2)12-13-10(6)9(20-3)5-7(16)11(13)14(17)21-15(12)18/h4-5,16H,1-3H3. The third kappa shape index (κ3) is 1.65. The van der Waals surface area contributed by atoms with E-state index < -0.39 is 11.9 Å². The van der Waals surface area contributed by atoms with Crippen molar-refractivity contribution in [3.05, 3.63) is 28.8 Å². The molecule has 0 bridgehead atoms. The number of aryl methyl sites for hydroxylation is 1. The number of methoxy groups -OCH3 is 2. The highest BCUT2D eigenvalue weighted by atomic mass is 16.6. The molecule has 3 rings (SSSR count). The van der Waals surface area contributed by atoms with Crippen molar-refractivity contribution in [3.63, 3.8) is 0 Å². The fourth-order valence-electron chi connectivity index (χ4n) is 2.67. The van der Waals surface area contributed by atoms with Gasteiger partial charge in [0.2, 0.25) is 0 Å². The maximum atomic E-state index is 12.0. The fraction of sp³-hybridized carbons (Fsp3) is 0.200. The molecule has 21 heavy (non-hydrogen) atoms. The molecule has 0 unspecified atom stereocenters. The van der Waals surface area contributed by atoms with Crippen LogP contribution in [0.4, 0.5) is 0 Å². The van der Waals surface area contributed by atoms with Crippen LogP contribution in [0, 0.1) is 6.92 Å². The zero-order valence-electron chi connectivity index (χ0n) is 11.6. The van der Waals surface area contributed by atoms with Gasteiger partial charge < -0.3 is 19.3 Å². The molecule has 0 atom stereocenters. The Bertz CT molecular complexity index is 806. The average Bonchev–Trinajstić information content (AvgIpc) is 2.44. The highest BCUT2D eigenvalue weighted by Gasteiger charge is 2.34. The fourth-order valence-corrected chi connectivity index (χ4v) is 2.67. The van der Waals surface area contributed by atoms with Gasteiger partial charge in [-0.3, -0.25) is 0 Å². The summed E-state index contributed by atoms with van der Waals surface area (Å²) in [5.74, 6) is -1.33. The van der Waals surface area contributed by atoms with Crippen molar-refractivity contribution in [2.45, 2.75) is 6.92 Å². The van der Waals surface area contributed by atoms with Gasteiger partial charge in [0.05, 0.1) is 14.2 Å². The van der Waals surface area contributed by atoms with E-state index in [1.807, 2.05) is 0 Å². The molecule has 2 aromatic carbocycles. The van der Waals surface area contributed by atoms with Crippen molar-refractivity contribution >= 4 is 22.7 Å². The molecular formula is C15H12O6. The predicted molar refractivity (Wildman–Crippen MR) is 73.2 cm³/mol. The molecule has 2 aromatic rings. The molecule has 1 aliphatic rings. The average molecular weight is 288 g/mol. The minimum absolute atomic E-state index is 0.0533. The number of carbonyl (C=O) groups is 2. The summed E-state index contributed by atoms with van der Waals surface area (Å²) in [6, 6.07) is 3.00. The van der Waals surface area contributed by atoms with Gasteiger partial charge in [0.15, 0.2) is 0 Å². The number of benzene rings is 2. The lowest BCUT2D eigenvalue weighted by Gasteiger charge is -2.21. The minimum Gasteiger partial charge on any atom is -0.507 e. The normalized spacial score (nSPS) is 13.3. The number of phenolic OH excluding ortho intramolecular Hbond substituents is 1. The Labute approximate surface area is 119 Å². The second-order valence-corrected chi connectivity index (χ2v) is 4.67. The molecule has 0 aliphatic carbocycles. The van der Waals surface area contributed by atoms with Crippen LogP contribution in [0.2, 0.25) is 0 Å². The molecule has 0 saturated carbocycles. The van der Waals surface area contributed by atoms with Crippen LogP contribution in [0.1, 0.15) is 26.3 Å². The molecule has 1 aliphatic heterocycles. The molecule has 6 nitrogen and oxygen atoms in total. The highest BCUT2D eigenvalue weighted by Crippen LogP contribution is 2.44. The molecule has 0 spiro atoms. The molecule has 0 saturated heterocycles. The Morgan fingerprint density at radius 2 is 1.57 bits per heavy atom. The van der Waals surface area contributed by atoms with Gasteiger partial charge in [-0.25, -0.2) is 9.59 Å². The quantitative estimate of drug-likeness (QED) is 0.673. The Balaban J connectivity index is 2.63. The SMILES string of the molecule is COc1cc(C)c2c(OC)cc(O)c3c2c1C(=O)OC3=O. The Morgan fingerprint density at radius 3 is 2.19 bits per heavy atom. The van der Waals surface area contributed by atoms with Crippen molar-refractivity contribution in [1.29, 1.82) is 0 Å². The molecule has 1 N–H and O–H groups in total. The van der Waals surface area contributed by atoms with E-state index >= 15 is 0 Å². The molecular weight excluding hydrogens is 276 g/mol. The van der Waals surface area contributed by atoms with E-state index in [2.05, 4.69) is 4.74 Å². The first-order chi connectivity index (χ1) is 9.99. The summed E-state index contributed by atoms with van der Waals surface area (Å²) in [5, 5.41) is 10.9. The summed E-state index contributed by atoms with van der Waals surface area (Å²) in [6.45, 7) is 1.80. The van der Waals surface area contributed by atoms with Crippen molar-refractivity contribution in [3.8, 4) is 17.2 Å². The van der Waals surface area contributed by atoms with Crippen LogP contribution in [-0.2, 0) is 4.74 Å². The molecule has 0 radical (unpaired) electrons. The van der Waals surface area contributed by atoms with Crippen LogP contribution < -0.4 is 9.47 Å². The van der Waals surface area contributed by atoms with Crippen molar-refractivity contribution < 1.29 is 28.9 Å². The molecule has 0 amide bonds. The molecule has 108 valence electrons. The van der Waals surface area contributed by atoms with Gasteiger partial charge in [-0.05, 0) is 18.6 Å². The summed E-state index contributed by atoms with van der Waals surface area (Å²) in [4.78, 5) is 24.0. The third-order valence-corrected chi connectivity index (χ3v) is 3.54.